The molecule has 1 aliphatic rings. The lowest BCUT2D eigenvalue weighted by Gasteiger charge is -2.19. The monoisotopic (exact) mass is 254 g/mol. The fourth-order valence-corrected chi connectivity index (χ4v) is 2.64. The summed E-state index contributed by atoms with van der Waals surface area (Å²) in [6.45, 7) is 0.482. The molecular formula is C11H14N2O3S. The molecule has 0 bridgehead atoms. The second-order valence-electron chi connectivity index (χ2n) is 3.88. The number of carbonyl (C=O) groups excluding carboxylic acids is 1. The Balaban J connectivity index is 2.03. The van der Waals surface area contributed by atoms with Crippen molar-refractivity contribution in [3.63, 3.8) is 0 Å². The van der Waals surface area contributed by atoms with Crippen LogP contribution >= 0.6 is 0 Å². The van der Waals surface area contributed by atoms with Gasteiger partial charge in [0.15, 0.2) is 0 Å². The van der Waals surface area contributed by atoms with Crippen molar-refractivity contribution in [1.82, 2.24) is 4.31 Å². The molecule has 92 valence electrons. The first kappa shape index (κ1) is 12.2. The number of nitrogens with one attached hydrogen (secondary N) is 1. The number of hydrogen-bond acceptors (Lipinski definition) is 2. The van der Waals surface area contributed by atoms with E-state index in [9.17, 15) is 9.00 Å². The third-order valence-corrected chi connectivity index (χ3v) is 3.59. The van der Waals surface area contributed by atoms with Gasteiger partial charge >= 0.3 is 0 Å². The molecule has 0 spiro atoms. The number of hydrogen-bond donors (Lipinski definition) is 2. The minimum absolute atomic E-state index is 0.226. The molecule has 0 saturated carbocycles. The predicted octanol–water partition coefficient (Wildman–Crippen LogP) is 1.23. The van der Waals surface area contributed by atoms with Crippen LogP contribution in [0.3, 0.4) is 0 Å². The summed E-state index contributed by atoms with van der Waals surface area (Å²) >= 11 is -2.08. The third kappa shape index (κ3) is 2.91. The molecule has 2 rings (SSSR count). The van der Waals surface area contributed by atoms with Gasteiger partial charge in [-0.3, -0.25) is 9.35 Å². The Morgan fingerprint density at radius 2 is 2.12 bits per heavy atom. The van der Waals surface area contributed by atoms with Crippen molar-refractivity contribution in [2.45, 2.75) is 18.9 Å². The molecule has 2 unspecified atom stereocenters. The molecule has 0 aromatic heterocycles. The number of nitrogens with zero attached hydrogens (tertiary/aromatic N) is 1. The summed E-state index contributed by atoms with van der Waals surface area (Å²) in [4.78, 5) is 11.9. The van der Waals surface area contributed by atoms with E-state index in [0.29, 0.717) is 18.7 Å². The maximum absolute atomic E-state index is 11.9. The molecule has 5 nitrogen and oxygen atoms in total. The average molecular weight is 254 g/mol. The van der Waals surface area contributed by atoms with Gasteiger partial charge in [-0.1, -0.05) is 18.2 Å². The third-order valence-electron chi connectivity index (χ3n) is 2.75. The molecule has 1 aromatic carbocycles. The Labute approximate surface area is 102 Å². The van der Waals surface area contributed by atoms with Gasteiger partial charge in [-0.25, -0.2) is 4.21 Å². The Hall–Kier alpha value is -1.24. The molecule has 1 amide bonds. The topological polar surface area (TPSA) is 69.6 Å². The summed E-state index contributed by atoms with van der Waals surface area (Å²) in [6.07, 6.45) is 1.38. The molecule has 6 heteroatoms. The SMILES string of the molecule is O=C(Nc1ccccc1)C1CCCN1S(=O)O. The van der Waals surface area contributed by atoms with Crippen LogP contribution in [-0.4, -0.2) is 31.6 Å². The Bertz CT molecular complexity index is 424. The van der Waals surface area contributed by atoms with Crippen molar-refractivity contribution in [2.75, 3.05) is 11.9 Å². The first-order valence-electron chi connectivity index (χ1n) is 5.42. The van der Waals surface area contributed by atoms with Crippen LogP contribution in [0.4, 0.5) is 5.69 Å². The fraction of sp³-hybridized carbons (Fsp3) is 0.364. The van der Waals surface area contributed by atoms with Gasteiger partial charge < -0.3 is 5.32 Å². The first-order valence-corrected chi connectivity index (χ1v) is 6.48. The van der Waals surface area contributed by atoms with Crippen molar-refractivity contribution in [3.05, 3.63) is 30.3 Å². The highest BCUT2D eigenvalue weighted by molar-refractivity contribution is 7.76. The first-order chi connectivity index (χ1) is 8.18. The summed E-state index contributed by atoms with van der Waals surface area (Å²) in [7, 11) is 0. The van der Waals surface area contributed by atoms with Crippen LogP contribution < -0.4 is 5.32 Å². The van der Waals surface area contributed by atoms with Gasteiger partial charge in [0.05, 0.1) is 0 Å². The Morgan fingerprint density at radius 1 is 1.41 bits per heavy atom. The van der Waals surface area contributed by atoms with Gasteiger partial charge in [0.1, 0.15) is 6.04 Å². The highest BCUT2D eigenvalue weighted by atomic mass is 32.2. The van der Waals surface area contributed by atoms with E-state index < -0.39 is 17.3 Å². The Kier molecular flexibility index (Phi) is 3.88. The van der Waals surface area contributed by atoms with E-state index in [1.165, 1.54) is 4.31 Å². The van der Waals surface area contributed by atoms with Crippen LogP contribution in [0, 0.1) is 0 Å². The summed E-state index contributed by atoms with van der Waals surface area (Å²) < 4.78 is 21.4. The summed E-state index contributed by atoms with van der Waals surface area (Å²) in [6, 6.07) is 8.57. The molecule has 17 heavy (non-hydrogen) atoms. The Morgan fingerprint density at radius 3 is 2.76 bits per heavy atom. The molecular weight excluding hydrogens is 240 g/mol. The largest absolute Gasteiger partial charge is 0.325 e. The average Bonchev–Trinajstić information content (AvgIpc) is 2.79. The minimum atomic E-state index is -2.08. The number of benzene rings is 1. The van der Waals surface area contributed by atoms with Crippen molar-refractivity contribution < 1.29 is 13.6 Å². The molecule has 0 aliphatic carbocycles. The number of anilines is 1. The molecule has 1 fully saturated rings. The maximum atomic E-state index is 11.9. The van der Waals surface area contributed by atoms with Gasteiger partial charge in [-0.15, -0.1) is 0 Å². The van der Waals surface area contributed by atoms with Crippen molar-refractivity contribution in [2.24, 2.45) is 0 Å². The van der Waals surface area contributed by atoms with E-state index in [-0.39, 0.29) is 5.91 Å². The molecule has 1 aliphatic heterocycles. The lowest BCUT2D eigenvalue weighted by atomic mass is 10.2. The van der Waals surface area contributed by atoms with Crippen LogP contribution in [0.2, 0.25) is 0 Å². The summed E-state index contributed by atoms with van der Waals surface area (Å²) in [5, 5.41) is 2.74. The van der Waals surface area contributed by atoms with E-state index in [2.05, 4.69) is 5.32 Å². The number of amides is 1. The van der Waals surface area contributed by atoms with Crippen molar-refractivity contribution in [1.29, 1.82) is 0 Å². The molecule has 2 N–H and O–H groups in total. The van der Waals surface area contributed by atoms with Crippen molar-refractivity contribution in [3.8, 4) is 0 Å². The second kappa shape index (κ2) is 5.39. The zero-order valence-electron chi connectivity index (χ0n) is 9.20. The van der Waals surface area contributed by atoms with E-state index in [4.69, 9.17) is 4.55 Å². The molecule has 1 saturated heterocycles. The van der Waals surface area contributed by atoms with Crippen LogP contribution in [0.5, 0.6) is 0 Å². The van der Waals surface area contributed by atoms with E-state index in [1.54, 1.807) is 12.1 Å². The molecule has 0 radical (unpaired) electrons. The molecule has 1 heterocycles. The van der Waals surface area contributed by atoms with Crippen LogP contribution in [0.15, 0.2) is 30.3 Å². The van der Waals surface area contributed by atoms with E-state index in [1.807, 2.05) is 18.2 Å². The summed E-state index contributed by atoms with van der Waals surface area (Å²) in [5.74, 6) is -0.226. The van der Waals surface area contributed by atoms with Gasteiger partial charge in [0, 0.05) is 12.2 Å². The van der Waals surface area contributed by atoms with Gasteiger partial charge in [0.2, 0.25) is 17.2 Å². The smallest absolute Gasteiger partial charge is 0.242 e. The normalized spacial score (nSPS) is 22.3. The lowest BCUT2D eigenvalue weighted by Crippen LogP contribution is -2.40. The minimum Gasteiger partial charge on any atom is -0.325 e. The van der Waals surface area contributed by atoms with Gasteiger partial charge in [0.25, 0.3) is 0 Å². The van der Waals surface area contributed by atoms with E-state index >= 15 is 0 Å². The van der Waals surface area contributed by atoms with E-state index in [0.717, 1.165) is 6.42 Å². The van der Waals surface area contributed by atoms with Crippen LogP contribution in [0.25, 0.3) is 0 Å². The molecule has 1 aromatic rings. The zero-order valence-corrected chi connectivity index (χ0v) is 10.0. The number of rotatable bonds is 3. The standard InChI is InChI=1S/C11H14N2O3S/c14-11(12-9-5-2-1-3-6-9)10-7-4-8-13(10)17(15)16/h1-3,5-6,10H,4,7-8H2,(H,12,14)(H,15,16). The van der Waals surface area contributed by atoms with Crippen molar-refractivity contribution >= 4 is 22.9 Å². The van der Waals surface area contributed by atoms with Gasteiger partial charge in [-0.05, 0) is 25.0 Å². The number of para-hydroxylation sites is 1. The quantitative estimate of drug-likeness (QED) is 0.797. The van der Waals surface area contributed by atoms with Gasteiger partial charge in [-0.2, -0.15) is 4.31 Å². The summed E-state index contributed by atoms with van der Waals surface area (Å²) in [5.41, 5.74) is 0.702. The zero-order chi connectivity index (χ0) is 12.3. The highest BCUT2D eigenvalue weighted by Gasteiger charge is 2.34. The highest BCUT2D eigenvalue weighted by Crippen LogP contribution is 2.20. The van der Waals surface area contributed by atoms with Crippen LogP contribution in [0.1, 0.15) is 12.8 Å². The number of carbonyl (C=O) groups is 1. The van der Waals surface area contributed by atoms with Crippen LogP contribution in [-0.2, 0) is 16.1 Å². The fourth-order valence-electron chi connectivity index (χ4n) is 1.94. The second-order valence-corrected chi connectivity index (χ2v) is 4.82. The predicted molar refractivity (Wildman–Crippen MR) is 65.6 cm³/mol. The maximum Gasteiger partial charge on any atom is 0.242 e. The molecule has 2 atom stereocenters. The lowest BCUT2D eigenvalue weighted by molar-refractivity contribution is -0.119.